The maximum atomic E-state index is 9.21. The lowest BCUT2D eigenvalue weighted by atomic mass is 9.94. The van der Waals surface area contributed by atoms with Crippen molar-refractivity contribution in [1.82, 2.24) is 19.9 Å². The van der Waals surface area contributed by atoms with Crippen LogP contribution < -0.4 is 0 Å². The van der Waals surface area contributed by atoms with Crippen LogP contribution in [0.15, 0.2) is 61.1 Å². The molecular weight excluding hydrogens is 336 g/mol. The first kappa shape index (κ1) is 17.8. The molecule has 1 saturated heterocycles. The van der Waals surface area contributed by atoms with Crippen LogP contribution >= 0.6 is 0 Å². The van der Waals surface area contributed by atoms with Gasteiger partial charge in [-0.05, 0) is 37.1 Å². The number of aliphatic hydroxyl groups is 1. The second kappa shape index (κ2) is 8.37. The van der Waals surface area contributed by atoms with Gasteiger partial charge in [0, 0.05) is 37.0 Å². The molecule has 5 nitrogen and oxygen atoms in total. The Morgan fingerprint density at radius 2 is 1.96 bits per heavy atom. The van der Waals surface area contributed by atoms with Crippen LogP contribution in [0, 0.1) is 0 Å². The normalized spacial score (nSPS) is 17.7. The second-order valence-electron chi connectivity index (χ2n) is 7.08. The molecular formula is C22H24N4O. The van der Waals surface area contributed by atoms with Crippen molar-refractivity contribution in [3.8, 4) is 11.3 Å². The Labute approximate surface area is 159 Å². The van der Waals surface area contributed by atoms with Gasteiger partial charge in [0.2, 0.25) is 0 Å². The monoisotopic (exact) mass is 360 g/mol. The average molecular weight is 360 g/mol. The van der Waals surface area contributed by atoms with Crippen molar-refractivity contribution >= 4 is 0 Å². The molecule has 5 heteroatoms. The van der Waals surface area contributed by atoms with Crippen molar-refractivity contribution in [1.29, 1.82) is 0 Å². The van der Waals surface area contributed by atoms with Gasteiger partial charge < -0.3 is 5.11 Å². The Morgan fingerprint density at radius 1 is 1.07 bits per heavy atom. The highest BCUT2D eigenvalue weighted by molar-refractivity contribution is 5.58. The zero-order valence-corrected chi connectivity index (χ0v) is 15.3. The Balaban J connectivity index is 1.49. The molecule has 0 aliphatic carbocycles. The summed E-state index contributed by atoms with van der Waals surface area (Å²) in [6.07, 6.45) is 7.87. The highest BCUT2D eigenvalue weighted by Crippen LogP contribution is 2.27. The third-order valence-electron chi connectivity index (χ3n) is 5.12. The van der Waals surface area contributed by atoms with Gasteiger partial charge in [0.05, 0.1) is 29.9 Å². The second-order valence-corrected chi connectivity index (χ2v) is 7.08. The third kappa shape index (κ3) is 4.38. The summed E-state index contributed by atoms with van der Waals surface area (Å²) in [6.45, 7) is 3.02. The van der Waals surface area contributed by atoms with E-state index >= 15 is 0 Å². The number of aromatic nitrogens is 3. The van der Waals surface area contributed by atoms with Crippen molar-refractivity contribution in [2.24, 2.45) is 0 Å². The van der Waals surface area contributed by atoms with E-state index in [9.17, 15) is 5.11 Å². The Bertz CT molecular complexity index is 867. The molecule has 3 heterocycles. The first-order valence-electron chi connectivity index (χ1n) is 9.46. The number of pyridine rings is 1. The number of nitrogens with zero attached hydrogens (tertiary/aromatic N) is 4. The van der Waals surface area contributed by atoms with E-state index < -0.39 is 0 Å². The molecule has 0 unspecified atom stereocenters. The Morgan fingerprint density at radius 3 is 2.74 bits per heavy atom. The standard InChI is InChI=1S/C22H24N4O/c27-16-17-6-8-18(9-7-17)21-12-23-13-22(25-21)19-4-3-11-26(14-19)15-20-5-1-2-10-24-20/h1-2,5-10,12-13,19,27H,3-4,11,14-16H2/t19-/m1/s1. The SMILES string of the molecule is OCc1ccc(-c2cncc([C@@H]3CCCN(Cc4ccccn4)C3)n2)cc1. The van der Waals surface area contributed by atoms with E-state index in [1.807, 2.05) is 55.0 Å². The van der Waals surface area contributed by atoms with Crippen LogP contribution in [0.3, 0.4) is 0 Å². The first-order valence-corrected chi connectivity index (χ1v) is 9.46. The van der Waals surface area contributed by atoms with Gasteiger partial charge in [-0.3, -0.25) is 14.9 Å². The summed E-state index contributed by atoms with van der Waals surface area (Å²) < 4.78 is 0. The minimum Gasteiger partial charge on any atom is -0.392 e. The van der Waals surface area contributed by atoms with Gasteiger partial charge in [0.25, 0.3) is 0 Å². The molecule has 0 saturated carbocycles. The van der Waals surface area contributed by atoms with Crippen molar-refractivity contribution < 1.29 is 5.11 Å². The lowest BCUT2D eigenvalue weighted by molar-refractivity contribution is 0.196. The van der Waals surface area contributed by atoms with Crippen LogP contribution in [-0.4, -0.2) is 38.0 Å². The van der Waals surface area contributed by atoms with Crippen molar-refractivity contribution in [3.63, 3.8) is 0 Å². The molecule has 0 spiro atoms. The number of benzene rings is 1. The van der Waals surface area contributed by atoms with Crippen LogP contribution in [0.5, 0.6) is 0 Å². The number of rotatable bonds is 5. The summed E-state index contributed by atoms with van der Waals surface area (Å²) in [4.78, 5) is 16.3. The third-order valence-corrected chi connectivity index (χ3v) is 5.12. The molecule has 27 heavy (non-hydrogen) atoms. The van der Waals surface area contributed by atoms with Gasteiger partial charge >= 0.3 is 0 Å². The van der Waals surface area contributed by atoms with Gasteiger partial charge in [0.1, 0.15) is 0 Å². The van der Waals surface area contributed by atoms with Gasteiger partial charge in [-0.25, -0.2) is 4.98 Å². The summed E-state index contributed by atoms with van der Waals surface area (Å²) in [6, 6.07) is 13.9. The summed E-state index contributed by atoms with van der Waals surface area (Å²) in [5, 5.41) is 9.21. The highest BCUT2D eigenvalue weighted by Gasteiger charge is 2.23. The molecule has 0 amide bonds. The molecule has 0 bridgehead atoms. The van der Waals surface area contributed by atoms with Crippen molar-refractivity contribution in [3.05, 3.63) is 78.0 Å². The largest absolute Gasteiger partial charge is 0.392 e. The molecule has 1 N–H and O–H groups in total. The van der Waals surface area contributed by atoms with E-state index in [1.165, 1.54) is 0 Å². The van der Waals surface area contributed by atoms with Crippen LogP contribution in [0.4, 0.5) is 0 Å². The van der Waals surface area contributed by atoms with Crippen molar-refractivity contribution in [2.45, 2.75) is 31.9 Å². The van der Waals surface area contributed by atoms with E-state index in [0.717, 1.165) is 60.7 Å². The maximum absolute atomic E-state index is 9.21. The average Bonchev–Trinajstić information content (AvgIpc) is 2.75. The lowest BCUT2D eigenvalue weighted by Crippen LogP contribution is -2.34. The van der Waals surface area contributed by atoms with Crippen LogP contribution in [0.25, 0.3) is 11.3 Å². The fourth-order valence-corrected chi connectivity index (χ4v) is 3.66. The number of hydrogen-bond acceptors (Lipinski definition) is 5. The molecule has 1 aliphatic rings. The predicted molar refractivity (Wildman–Crippen MR) is 105 cm³/mol. The Kier molecular flexibility index (Phi) is 5.51. The molecule has 0 radical (unpaired) electrons. The van der Waals surface area contributed by atoms with E-state index in [0.29, 0.717) is 5.92 Å². The van der Waals surface area contributed by atoms with E-state index in [2.05, 4.69) is 20.9 Å². The zero-order chi connectivity index (χ0) is 18.5. The quantitative estimate of drug-likeness (QED) is 0.755. The van der Waals surface area contributed by atoms with Crippen molar-refractivity contribution in [2.75, 3.05) is 13.1 Å². The minimum absolute atomic E-state index is 0.0557. The van der Waals surface area contributed by atoms with Gasteiger partial charge in [-0.1, -0.05) is 30.3 Å². The molecule has 2 aromatic heterocycles. The van der Waals surface area contributed by atoms with E-state index in [4.69, 9.17) is 4.98 Å². The summed E-state index contributed by atoms with van der Waals surface area (Å²) in [5.74, 6) is 0.395. The number of piperidine rings is 1. The zero-order valence-electron chi connectivity index (χ0n) is 15.3. The van der Waals surface area contributed by atoms with E-state index in [1.54, 1.807) is 0 Å². The minimum atomic E-state index is 0.0557. The topological polar surface area (TPSA) is 62.1 Å². The Hall–Kier alpha value is -2.63. The molecule has 1 atom stereocenters. The number of likely N-dealkylation sites (tertiary alicyclic amines) is 1. The fraction of sp³-hybridized carbons (Fsp3) is 0.318. The van der Waals surface area contributed by atoms with Gasteiger partial charge in [-0.2, -0.15) is 0 Å². The molecule has 1 aromatic carbocycles. The van der Waals surface area contributed by atoms with Crippen LogP contribution in [-0.2, 0) is 13.2 Å². The predicted octanol–water partition coefficient (Wildman–Crippen LogP) is 3.41. The first-order chi connectivity index (χ1) is 13.3. The summed E-state index contributed by atoms with van der Waals surface area (Å²) >= 11 is 0. The molecule has 1 fully saturated rings. The van der Waals surface area contributed by atoms with E-state index in [-0.39, 0.29) is 6.61 Å². The van der Waals surface area contributed by atoms with Crippen LogP contribution in [0.2, 0.25) is 0 Å². The van der Waals surface area contributed by atoms with Crippen LogP contribution in [0.1, 0.15) is 35.7 Å². The summed E-state index contributed by atoms with van der Waals surface area (Å²) in [7, 11) is 0. The molecule has 1 aliphatic heterocycles. The molecule has 3 aromatic rings. The summed E-state index contributed by atoms with van der Waals surface area (Å²) in [5.41, 5.74) is 4.99. The number of aliphatic hydroxyl groups excluding tert-OH is 1. The molecule has 4 rings (SSSR count). The molecule has 138 valence electrons. The number of hydrogen-bond donors (Lipinski definition) is 1. The highest BCUT2D eigenvalue weighted by atomic mass is 16.3. The fourth-order valence-electron chi connectivity index (χ4n) is 3.66. The smallest absolute Gasteiger partial charge is 0.0888 e. The van der Waals surface area contributed by atoms with Gasteiger partial charge in [-0.15, -0.1) is 0 Å². The maximum Gasteiger partial charge on any atom is 0.0888 e. The van der Waals surface area contributed by atoms with Gasteiger partial charge in [0.15, 0.2) is 0 Å². The lowest BCUT2D eigenvalue weighted by Gasteiger charge is -2.32.